The summed E-state index contributed by atoms with van der Waals surface area (Å²) in [5.41, 5.74) is 2.16. The van der Waals surface area contributed by atoms with Gasteiger partial charge in [-0.15, -0.1) is 0 Å². The Morgan fingerprint density at radius 3 is 2.50 bits per heavy atom. The number of benzene rings is 1. The largest absolute Gasteiger partial charge is 0.480 e. The van der Waals surface area contributed by atoms with Gasteiger partial charge in [-0.05, 0) is 19.1 Å². The third-order valence-corrected chi connectivity index (χ3v) is 5.38. The van der Waals surface area contributed by atoms with Crippen LogP contribution >= 0.6 is 0 Å². The molecule has 11 heteroatoms. The third kappa shape index (κ3) is 4.01. The first-order valence-corrected chi connectivity index (χ1v) is 10.8. The zero-order valence-electron chi connectivity index (χ0n) is 16.5. The van der Waals surface area contributed by atoms with Gasteiger partial charge in [-0.25, -0.2) is 28.4 Å². The predicted molar refractivity (Wildman–Crippen MR) is 113 cm³/mol. The molecule has 0 atom stereocenters. The van der Waals surface area contributed by atoms with Gasteiger partial charge in [-0.3, -0.25) is 0 Å². The molecule has 3 N–H and O–H groups in total. The van der Waals surface area contributed by atoms with Crippen molar-refractivity contribution in [1.29, 1.82) is 0 Å². The van der Waals surface area contributed by atoms with Crippen LogP contribution in [0.5, 0.6) is 5.88 Å². The van der Waals surface area contributed by atoms with E-state index in [9.17, 15) is 8.42 Å². The highest BCUT2D eigenvalue weighted by atomic mass is 32.2. The smallest absolute Gasteiger partial charge is 0.232 e. The summed E-state index contributed by atoms with van der Waals surface area (Å²) >= 11 is 0. The molecule has 4 aromatic rings. The van der Waals surface area contributed by atoms with E-state index in [4.69, 9.17) is 4.74 Å². The van der Waals surface area contributed by atoms with Crippen molar-refractivity contribution in [2.45, 2.75) is 11.8 Å². The molecule has 30 heavy (non-hydrogen) atoms. The Kier molecular flexibility index (Phi) is 4.96. The van der Waals surface area contributed by atoms with E-state index in [-0.39, 0.29) is 4.90 Å². The van der Waals surface area contributed by atoms with Crippen molar-refractivity contribution < 1.29 is 13.2 Å². The van der Waals surface area contributed by atoms with Crippen LogP contribution in [0.25, 0.3) is 11.2 Å². The van der Waals surface area contributed by atoms with Crippen molar-refractivity contribution >= 4 is 44.0 Å². The minimum atomic E-state index is -3.42. The summed E-state index contributed by atoms with van der Waals surface area (Å²) in [5.74, 6) is 2.03. The number of aryl methyl sites for hydroxylation is 1. The summed E-state index contributed by atoms with van der Waals surface area (Å²) in [5, 5.41) is 6.26. The van der Waals surface area contributed by atoms with E-state index in [0.29, 0.717) is 45.9 Å². The number of hydrogen-bond donors (Lipinski definition) is 3. The maximum atomic E-state index is 12.2. The molecule has 1 aromatic carbocycles. The van der Waals surface area contributed by atoms with Crippen molar-refractivity contribution in [3.05, 3.63) is 48.5 Å². The lowest BCUT2D eigenvalue weighted by Crippen LogP contribution is -2.04. The zero-order chi connectivity index (χ0) is 21.3. The molecule has 10 nitrogen and oxygen atoms in total. The molecule has 3 heterocycles. The summed E-state index contributed by atoms with van der Waals surface area (Å²) < 4.78 is 29.3. The summed E-state index contributed by atoms with van der Waals surface area (Å²) in [6, 6.07) is 8.42. The van der Waals surface area contributed by atoms with E-state index >= 15 is 0 Å². The number of rotatable bonds is 6. The molecule has 0 saturated heterocycles. The molecule has 0 spiro atoms. The van der Waals surface area contributed by atoms with Crippen molar-refractivity contribution in [2.75, 3.05) is 24.0 Å². The molecular weight excluding hydrogens is 406 g/mol. The Hall–Kier alpha value is -3.73. The van der Waals surface area contributed by atoms with E-state index in [2.05, 4.69) is 35.6 Å². The van der Waals surface area contributed by atoms with Gasteiger partial charge in [0.1, 0.15) is 23.0 Å². The van der Waals surface area contributed by atoms with E-state index in [0.717, 1.165) is 0 Å². The van der Waals surface area contributed by atoms with Crippen molar-refractivity contribution in [3.63, 3.8) is 0 Å². The minimum absolute atomic E-state index is 0.192. The molecule has 0 aliphatic rings. The molecular formula is C19H19N7O3S. The van der Waals surface area contributed by atoms with E-state index < -0.39 is 9.84 Å². The molecule has 3 aromatic heterocycles. The maximum absolute atomic E-state index is 12.2. The van der Waals surface area contributed by atoms with Crippen LogP contribution in [0.15, 0.2) is 47.6 Å². The van der Waals surface area contributed by atoms with Crippen LogP contribution in [-0.4, -0.2) is 46.7 Å². The fraction of sp³-hybridized carbons (Fsp3) is 0.158. The van der Waals surface area contributed by atoms with Crippen LogP contribution in [0.3, 0.4) is 0 Å². The van der Waals surface area contributed by atoms with Gasteiger partial charge in [0, 0.05) is 12.3 Å². The SMILES string of the molecule is COc1cnc(Nc2cc(Nc3ccccc3S(C)(=O)=O)c3nc(C)[nH]c3n2)cn1. The monoisotopic (exact) mass is 425 g/mol. The molecule has 0 amide bonds. The number of aromatic amines is 1. The summed E-state index contributed by atoms with van der Waals surface area (Å²) in [6.07, 6.45) is 4.18. The number of hydrogen-bond acceptors (Lipinski definition) is 9. The average Bonchev–Trinajstić information content (AvgIpc) is 3.09. The number of nitrogens with one attached hydrogen (secondary N) is 3. The number of ether oxygens (including phenoxy) is 1. The van der Waals surface area contributed by atoms with Gasteiger partial charge < -0.3 is 20.4 Å². The van der Waals surface area contributed by atoms with Gasteiger partial charge >= 0.3 is 0 Å². The van der Waals surface area contributed by atoms with Gasteiger partial charge in [-0.2, -0.15) is 0 Å². The van der Waals surface area contributed by atoms with Crippen LogP contribution < -0.4 is 15.4 Å². The number of pyridine rings is 1. The van der Waals surface area contributed by atoms with Gasteiger partial charge in [0.05, 0.1) is 35.8 Å². The second kappa shape index (κ2) is 7.59. The number of aromatic nitrogens is 5. The van der Waals surface area contributed by atoms with Crippen molar-refractivity contribution in [1.82, 2.24) is 24.9 Å². The van der Waals surface area contributed by atoms with Gasteiger partial charge in [0.25, 0.3) is 0 Å². The number of H-pyrrole nitrogens is 1. The minimum Gasteiger partial charge on any atom is -0.480 e. The molecule has 0 saturated carbocycles. The van der Waals surface area contributed by atoms with E-state index in [1.165, 1.54) is 25.8 Å². The maximum Gasteiger partial charge on any atom is 0.232 e. The van der Waals surface area contributed by atoms with Crippen LogP contribution in [0.4, 0.5) is 23.0 Å². The molecule has 0 radical (unpaired) electrons. The third-order valence-electron chi connectivity index (χ3n) is 4.22. The molecule has 154 valence electrons. The Balaban J connectivity index is 1.76. The molecule has 0 aliphatic heterocycles. The van der Waals surface area contributed by atoms with Gasteiger partial charge in [0.15, 0.2) is 15.5 Å². The number of fused-ring (bicyclic) bond motifs is 1. The number of sulfone groups is 1. The molecule has 0 aliphatic carbocycles. The van der Waals surface area contributed by atoms with Crippen molar-refractivity contribution in [3.8, 4) is 5.88 Å². The van der Waals surface area contributed by atoms with Crippen molar-refractivity contribution in [2.24, 2.45) is 0 Å². The van der Waals surface area contributed by atoms with Gasteiger partial charge in [-0.1, -0.05) is 12.1 Å². The number of para-hydroxylation sites is 1. The Bertz CT molecular complexity index is 1320. The first-order valence-electron chi connectivity index (χ1n) is 8.90. The lowest BCUT2D eigenvalue weighted by atomic mass is 10.2. The van der Waals surface area contributed by atoms with Crippen LogP contribution in [0.1, 0.15) is 5.82 Å². The molecule has 0 fully saturated rings. The first-order chi connectivity index (χ1) is 14.3. The fourth-order valence-electron chi connectivity index (χ4n) is 2.92. The standard InChI is InChI=1S/C19H19N7O3S/c1-11-22-18-13(24-12-6-4-5-7-14(12)30(3,27)28)8-15(26-19(18)23-11)25-16-9-21-17(29-2)10-20-16/h4-10H,1-3H3,(H3,20,22,23,24,25,26). The lowest BCUT2D eigenvalue weighted by Gasteiger charge is -2.13. The Labute approximate surface area is 172 Å². The second-order valence-corrected chi connectivity index (χ2v) is 8.52. The highest BCUT2D eigenvalue weighted by Gasteiger charge is 2.16. The molecule has 0 unspecified atom stereocenters. The number of nitrogens with zero attached hydrogens (tertiary/aromatic N) is 4. The normalized spacial score (nSPS) is 11.4. The summed E-state index contributed by atoms with van der Waals surface area (Å²) in [4.78, 5) is 20.6. The highest BCUT2D eigenvalue weighted by molar-refractivity contribution is 7.90. The van der Waals surface area contributed by atoms with Crippen LogP contribution in [0, 0.1) is 6.92 Å². The fourth-order valence-corrected chi connectivity index (χ4v) is 3.76. The number of imidazole rings is 1. The molecule has 4 rings (SSSR count). The van der Waals surface area contributed by atoms with E-state index in [1.807, 2.05) is 6.92 Å². The lowest BCUT2D eigenvalue weighted by molar-refractivity contribution is 0.396. The second-order valence-electron chi connectivity index (χ2n) is 6.54. The number of methoxy groups -OCH3 is 1. The highest BCUT2D eigenvalue weighted by Crippen LogP contribution is 2.30. The molecule has 0 bridgehead atoms. The Morgan fingerprint density at radius 1 is 1.00 bits per heavy atom. The van der Waals surface area contributed by atoms with Crippen LogP contribution in [0.2, 0.25) is 0 Å². The zero-order valence-corrected chi connectivity index (χ0v) is 17.3. The van der Waals surface area contributed by atoms with E-state index in [1.54, 1.807) is 30.3 Å². The first kappa shape index (κ1) is 19.6. The summed E-state index contributed by atoms with van der Waals surface area (Å²) in [6.45, 7) is 1.82. The summed E-state index contributed by atoms with van der Waals surface area (Å²) in [7, 11) is -1.91. The average molecular weight is 425 g/mol. The quantitative estimate of drug-likeness (QED) is 0.426. The topological polar surface area (TPSA) is 135 Å². The van der Waals surface area contributed by atoms with Crippen LogP contribution in [-0.2, 0) is 9.84 Å². The predicted octanol–water partition coefficient (Wildman–Crippen LogP) is 2.96. The van der Waals surface area contributed by atoms with Gasteiger partial charge in [0.2, 0.25) is 5.88 Å². The Morgan fingerprint density at radius 2 is 1.80 bits per heavy atom. The number of anilines is 4.